The predicted octanol–water partition coefficient (Wildman–Crippen LogP) is 1.44. The molecule has 3 rings (SSSR count). The van der Waals surface area contributed by atoms with Crippen molar-refractivity contribution in [3.63, 3.8) is 0 Å². The number of hydrogen-bond donors (Lipinski definition) is 1. The number of amides is 1. The highest BCUT2D eigenvalue weighted by Gasteiger charge is 2.37. The molecule has 1 aromatic carbocycles. The molecule has 5 heteroatoms. The van der Waals surface area contributed by atoms with Gasteiger partial charge in [0.15, 0.2) is 0 Å². The number of nitrogens with one attached hydrogen (secondary N) is 1. The number of rotatable bonds is 4. The zero-order valence-electron chi connectivity index (χ0n) is 11.5. The molecule has 1 amide bonds. The van der Waals surface area contributed by atoms with Crippen molar-refractivity contribution in [3.05, 3.63) is 47.8 Å². The average Bonchev–Trinajstić information content (AvgIpc) is 3.06. The van der Waals surface area contributed by atoms with Crippen molar-refractivity contribution < 1.29 is 4.79 Å². The third kappa shape index (κ3) is 2.57. The van der Waals surface area contributed by atoms with E-state index in [0.29, 0.717) is 6.42 Å². The number of benzene rings is 1. The van der Waals surface area contributed by atoms with Crippen molar-refractivity contribution in [1.82, 2.24) is 20.3 Å². The van der Waals surface area contributed by atoms with Crippen LogP contribution in [0.25, 0.3) is 0 Å². The molecule has 1 aliphatic rings. The smallest absolute Gasteiger partial charge is 0.226 e. The summed E-state index contributed by atoms with van der Waals surface area (Å²) in [6.07, 6.45) is 4.16. The molecule has 0 bridgehead atoms. The maximum absolute atomic E-state index is 12.3. The van der Waals surface area contributed by atoms with E-state index < -0.39 is 0 Å². The number of carbonyl (C=O) groups is 1. The zero-order chi connectivity index (χ0) is 13.9. The van der Waals surface area contributed by atoms with Crippen LogP contribution >= 0.6 is 0 Å². The summed E-state index contributed by atoms with van der Waals surface area (Å²) < 4.78 is 0. The Morgan fingerprint density at radius 3 is 2.80 bits per heavy atom. The Balaban J connectivity index is 1.67. The molecule has 1 saturated heterocycles. The van der Waals surface area contributed by atoms with Crippen LogP contribution in [-0.4, -0.2) is 39.3 Å². The first kappa shape index (κ1) is 12.8. The van der Waals surface area contributed by atoms with Gasteiger partial charge in [0.1, 0.15) is 0 Å². The molecule has 20 heavy (non-hydrogen) atoms. The van der Waals surface area contributed by atoms with Crippen molar-refractivity contribution >= 4 is 5.91 Å². The average molecular weight is 270 g/mol. The monoisotopic (exact) mass is 270 g/mol. The predicted molar refractivity (Wildman–Crippen MR) is 74.9 cm³/mol. The van der Waals surface area contributed by atoms with Gasteiger partial charge in [0.25, 0.3) is 0 Å². The summed E-state index contributed by atoms with van der Waals surface area (Å²) in [4.78, 5) is 14.2. The molecule has 1 aromatic heterocycles. The van der Waals surface area contributed by atoms with Gasteiger partial charge in [-0.15, -0.1) is 0 Å². The van der Waals surface area contributed by atoms with Crippen molar-refractivity contribution in [3.8, 4) is 0 Å². The van der Waals surface area contributed by atoms with Gasteiger partial charge in [0, 0.05) is 25.4 Å². The van der Waals surface area contributed by atoms with Crippen LogP contribution in [0.5, 0.6) is 0 Å². The van der Waals surface area contributed by atoms with Gasteiger partial charge in [-0.05, 0) is 18.4 Å². The minimum atomic E-state index is 0.0267. The van der Waals surface area contributed by atoms with Crippen LogP contribution in [0.15, 0.2) is 36.5 Å². The molecule has 5 nitrogen and oxygen atoms in total. The van der Waals surface area contributed by atoms with Crippen molar-refractivity contribution in [2.75, 3.05) is 7.05 Å². The van der Waals surface area contributed by atoms with Gasteiger partial charge < -0.3 is 4.90 Å². The molecule has 1 N–H and O–H groups in total. The topological polar surface area (TPSA) is 61.9 Å². The second-order valence-corrected chi connectivity index (χ2v) is 5.39. The fourth-order valence-electron chi connectivity index (χ4n) is 2.91. The number of aromatic nitrogens is 3. The summed E-state index contributed by atoms with van der Waals surface area (Å²) in [7, 11) is 1.90. The van der Waals surface area contributed by atoms with Crippen LogP contribution in [0.3, 0.4) is 0 Å². The molecule has 0 aliphatic carbocycles. The van der Waals surface area contributed by atoms with Crippen molar-refractivity contribution in [2.45, 2.75) is 25.3 Å². The number of H-pyrrole nitrogens is 1. The normalized spacial score (nSPS) is 22.4. The highest BCUT2D eigenvalue weighted by Crippen LogP contribution is 2.28. The lowest BCUT2D eigenvalue weighted by Crippen LogP contribution is -2.31. The summed E-state index contributed by atoms with van der Waals surface area (Å²) >= 11 is 0. The molecule has 2 atom stereocenters. The molecule has 2 aromatic rings. The SMILES string of the molecule is CN1C(=O)C(Cc2cn[nH]n2)C[C@@H]1Cc1ccccc1. The van der Waals surface area contributed by atoms with Crippen LogP contribution in [0.1, 0.15) is 17.7 Å². The second-order valence-electron chi connectivity index (χ2n) is 5.39. The molecule has 0 spiro atoms. The van der Waals surface area contributed by atoms with Crippen molar-refractivity contribution in [2.24, 2.45) is 5.92 Å². The van der Waals surface area contributed by atoms with E-state index in [1.807, 2.05) is 30.1 Å². The summed E-state index contributed by atoms with van der Waals surface area (Å²) in [6, 6.07) is 10.6. The minimum Gasteiger partial charge on any atom is -0.342 e. The Kier molecular flexibility index (Phi) is 3.50. The number of likely N-dealkylation sites (N-methyl/N-ethyl adjacent to an activating group) is 1. The number of hydrogen-bond acceptors (Lipinski definition) is 3. The number of likely N-dealkylation sites (tertiary alicyclic amines) is 1. The molecule has 0 radical (unpaired) electrons. The summed E-state index contributed by atoms with van der Waals surface area (Å²) in [5.74, 6) is 0.243. The zero-order valence-corrected chi connectivity index (χ0v) is 11.5. The largest absolute Gasteiger partial charge is 0.342 e. The van der Waals surface area contributed by atoms with Gasteiger partial charge in [-0.25, -0.2) is 0 Å². The van der Waals surface area contributed by atoms with Gasteiger partial charge in [0.05, 0.1) is 11.9 Å². The summed E-state index contributed by atoms with van der Waals surface area (Å²) in [6.45, 7) is 0. The molecule has 1 unspecified atom stereocenters. The molecule has 1 fully saturated rings. The maximum Gasteiger partial charge on any atom is 0.226 e. The Labute approximate surface area is 118 Å². The lowest BCUT2D eigenvalue weighted by Gasteiger charge is -2.19. The van der Waals surface area contributed by atoms with Gasteiger partial charge in [-0.2, -0.15) is 15.4 Å². The first-order valence-electron chi connectivity index (χ1n) is 6.89. The van der Waals surface area contributed by atoms with Crippen LogP contribution in [0, 0.1) is 5.92 Å². The van der Waals surface area contributed by atoms with Crippen LogP contribution in [-0.2, 0) is 17.6 Å². The maximum atomic E-state index is 12.3. The summed E-state index contributed by atoms with van der Waals surface area (Å²) in [5.41, 5.74) is 2.14. The van der Waals surface area contributed by atoms with E-state index in [1.165, 1.54) is 5.56 Å². The second kappa shape index (κ2) is 5.45. The van der Waals surface area contributed by atoms with Gasteiger partial charge in [-0.3, -0.25) is 4.79 Å². The third-order valence-corrected chi connectivity index (χ3v) is 4.04. The van der Waals surface area contributed by atoms with E-state index in [1.54, 1.807) is 6.20 Å². The van der Waals surface area contributed by atoms with Crippen LogP contribution in [0.2, 0.25) is 0 Å². The van der Waals surface area contributed by atoms with E-state index >= 15 is 0 Å². The van der Waals surface area contributed by atoms with Gasteiger partial charge in [-0.1, -0.05) is 30.3 Å². The standard InChI is InChI=1S/C15H18N4O/c1-19-14(7-11-5-3-2-4-6-11)9-12(15(19)20)8-13-10-16-18-17-13/h2-6,10,12,14H,7-9H2,1H3,(H,16,17,18)/t12?,14-/m0/s1. The number of carbonyl (C=O) groups excluding carboxylic acids is 1. The molecular formula is C15H18N4O. The Morgan fingerprint density at radius 2 is 2.10 bits per heavy atom. The lowest BCUT2D eigenvalue weighted by atomic mass is 9.96. The van der Waals surface area contributed by atoms with E-state index in [9.17, 15) is 4.79 Å². The number of aromatic amines is 1. The fourth-order valence-corrected chi connectivity index (χ4v) is 2.91. The first-order chi connectivity index (χ1) is 9.74. The highest BCUT2D eigenvalue weighted by atomic mass is 16.2. The van der Waals surface area contributed by atoms with E-state index in [2.05, 4.69) is 27.5 Å². The van der Waals surface area contributed by atoms with Crippen LogP contribution < -0.4 is 0 Å². The first-order valence-corrected chi connectivity index (χ1v) is 6.89. The third-order valence-electron chi connectivity index (χ3n) is 4.04. The van der Waals surface area contributed by atoms with Gasteiger partial charge >= 0.3 is 0 Å². The van der Waals surface area contributed by atoms with E-state index in [0.717, 1.165) is 18.5 Å². The van der Waals surface area contributed by atoms with Crippen molar-refractivity contribution in [1.29, 1.82) is 0 Å². The molecule has 2 heterocycles. The minimum absolute atomic E-state index is 0.0267. The molecule has 1 aliphatic heterocycles. The molecular weight excluding hydrogens is 252 g/mol. The summed E-state index contributed by atoms with van der Waals surface area (Å²) in [5, 5.41) is 10.4. The Bertz CT molecular complexity index is 567. The molecule has 0 saturated carbocycles. The van der Waals surface area contributed by atoms with E-state index in [-0.39, 0.29) is 17.9 Å². The lowest BCUT2D eigenvalue weighted by molar-refractivity contribution is -0.130. The quantitative estimate of drug-likeness (QED) is 0.914. The fraction of sp³-hybridized carbons (Fsp3) is 0.400. The van der Waals surface area contributed by atoms with Gasteiger partial charge in [0.2, 0.25) is 5.91 Å². The Hall–Kier alpha value is -2.17. The number of nitrogens with zero attached hydrogens (tertiary/aromatic N) is 3. The van der Waals surface area contributed by atoms with Crippen LogP contribution in [0.4, 0.5) is 0 Å². The molecule has 104 valence electrons. The Morgan fingerprint density at radius 1 is 1.30 bits per heavy atom. The van der Waals surface area contributed by atoms with E-state index in [4.69, 9.17) is 0 Å². The highest BCUT2D eigenvalue weighted by molar-refractivity contribution is 5.81.